The number of aromatic carboxylic acids is 1. The molecule has 0 amide bonds. The number of nitrogens with one attached hydrogen (secondary N) is 1. The molecule has 2 bridgehead atoms. The lowest BCUT2D eigenvalue weighted by Crippen LogP contribution is -2.41. The number of halogens is 1. The van der Waals surface area contributed by atoms with Gasteiger partial charge in [-0.3, -0.25) is 0 Å². The second-order valence-corrected chi connectivity index (χ2v) is 7.41. The molecule has 0 saturated carbocycles. The molecule has 2 heterocycles. The van der Waals surface area contributed by atoms with Crippen molar-refractivity contribution < 1.29 is 23.1 Å². The molecular formula is C13H14ClNO5S. The number of carboxylic acids is 1. The van der Waals surface area contributed by atoms with E-state index in [-0.39, 0.29) is 33.7 Å². The van der Waals surface area contributed by atoms with Crippen molar-refractivity contribution in [1.82, 2.24) is 4.72 Å². The van der Waals surface area contributed by atoms with Crippen molar-refractivity contribution >= 4 is 27.6 Å². The van der Waals surface area contributed by atoms with Crippen LogP contribution < -0.4 is 4.72 Å². The molecule has 0 aromatic heterocycles. The second-order valence-electron chi connectivity index (χ2n) is 5.28. The van der Waals surface area contributed by atoms with E-state index in [0.29, 0.717) is 6.42 Å². The molecule has 6 nitrogen and oxygen atoms in total. The molecule has 2 fully saturated rings. The molecule has 2 N–H and O–H groups in total. The first-order valence-corrected chi connectivity index (χ1v) is 8.43. The molecule has 114 valence electrons. The zero-order chi connectivity index (χ0) is 15.2. The second kappa shape index (κ2) is 5.24. The summed E-state index contributed by atoms with van der Waals surface area (Å²) in [4.78, 5) is 10.9. The number of benzene rings is 1. The average molecular weight is 332 g/mol. The Labute approximate surface area is 127 Å². The van der Waals surface area contributed by atoms with E-state index in [0.717, 1.165) is 18.9 Å². The van der Waals surface area contributed by atoms with E-state index in [1.54, 1.807) is 0 Å². The summed E-state index contributed by atoms with van der Waals surface area (Å²) in [6.45, 7) is 0. The number of hydrogen-bond donors (Lipinski definition) is 2. The molecule has 2 aliphatic rings. The SMILES string of the molecule is O=C(O)c1cc(S(=O)(=O)NC2CC3CCC2O3)ccc1Cl. The predicted molar refractivity (Wildman–Crippen MR) is 75.0 cm³/mol. The topological polar surface area (TPSA) is 92.7 Å². The molecule has 0 aliphatic carbocycles. The smallest absolute Gasteiger partial charge is 0.337 e. The quantitative estimate of drug-likeness (QED) is 0.875. The number of fused-ring (bicyclic) bond motifs is 2. The van der Waals surface area contributed by atoms with Crippen LogP contribution in [0.15, 0.2) is 23.1 Å². The van der Waals surface area contributed by atoms with E-state index >= 15 is 0 Å². The van der Waals surface area contributed by atoms with Gasteiger partial charge in [0.15, 0.2) is 0 Å². The first-order valence-electron chi connectivity index (χ1n) is 6.57. The van der Waals surface area contributed by atoms with Gasteiger partial charge in [0.25, 0.3) is 0 Å². The van der Waals surface area contributed by atoms with Gasteiger partial charge in [-0.05, 0) is 37.5 Å². The Morgan fingerprint density at radius 3 is 2.71 bits per heavy atom. The van der Waals surface area contributed by atoms with E-state index in [9.17, 15) is 13.2 Å². The molecule has 2 saturated heterocycles. The minimum absolute atomic E-state index is 0.00436. The van der Waals surface area contributed by atoms with Gasteiger partial charge < -0.3 is 9.84 Å². The highest BCUT2D eigenvalue weighted by Crippen LogP contribution is 2.35. The molecule has 1 aromatic rings. The summed E-state index contributed by atoms with van der Waals surface area (Å²) < 4.78 is 32.9. The standard InChI is InChI=1S/C13H14ClNO5S/c14-10-3-2-8(6-9(10)13(16)17)21(18,19)15-11-5-7-1-4-12(11)20-7/h2-3,6-7,11-12,15H,1,4-5H2,(H,16,17). The van der Waals surface area contributed by atoms with Gasteiger partial charge in [-0.2, -0.15) is 0 Å². The van der Waals surface area contributed by atoms with E-state index in [1.165, 1.54) is 12.1 Å². The van der Waals surface area contributed by atoms with Crippen molar-refractivity contribution in [2.24, 2.45) is 0 Å². The molecule has 21 heavy (non-hydrogen) atoms. The van der Waals surface area contributed by atoms with Crippen molar-refractivity contribution in [2.75, 3.05) is 0 Å². The molecule has 3 rings (SSSR count). The van der Waals surface area contributed by atoms with Gasteiger partial charge in [-0.25, -0.2) is 17.9 Å². The van der Waals surface area contributed by atoms with Crippen molar-refractivity contribution in [3.8, 4) is 0 Å². The fourth-order valence-electron chi connectivity index (χ4n) is 2.86. The van der Waals surface area contributed by atoms with Crippen molar-refractivity contribution in [1.29, 1.82) is 0 Å². The maximum Gasteiger partial charge on any atom is 0.337 e. The summed E-state index contributed by atoms with van der Waals surface area (Å²) >= 11 is 5.75. The monoisotopic (exact) mass is 331 g/mol. The lowest BCUT2D eigenvalue weighted by molar-refractivity contribution is 0.0696. The highest BCUT2D eigenvalue weighted by Gasteiger charge is 2.42. The van der Waals surface area contributed by atoms with Crippen molar-refractivity contribution in [2.45, 2.75) is 42.4 Å². The van der Waals surface area contributed by atoms with Crippen LogP contribution in [0.1, 0.15) is 29.6 Å². The van der Waals surface area contributed by atoms with Crippen LogP contribution >= 0.6 is 11.6 Å². The Bertz CT molecular complexity index is 690. The first-order chi connectivity index (χ1) is 9.87. The number of carboxylic acid groups (broad SMARTS) is 1. The van der Waals surface area contributed by atoms with Gasteiger partial charge in [0.05, 0.1) is 33.7 Å². The van der Waals surface area contributed by atoms with Crippen LogP contribution in [0.2, 0.25) is 5.02 Å². The lowest BCUT2D eigenvalue weighted by atomic mass is 9.96. The number of hydrogen-bond acceptors (Lipinski definition) is 4. The molecule has 3 unspecified atom stereocenters. The molecule has 3 atom stereocenters. The largest absolute Gasteiger partial charge is 0.478 e. The van der Waals surface area contributed by atoms with Crippen LogP contribution in [-0.4, -0.2) is 37.7 Å². The normalized spacial score (nSPS) is 28.0. The zero-order valence-electron chi connectivity index (χ0n) is 11.0. The highest BCUT2D eigenvalue weighted by atomic mass is 35.5. The Hall–Kier alpha value is -1.15. The van der Waals surface area contributed by atoms with Crippen LogP contribution in [0.3, 0.4) is 0 Å². The van der Waals surface area contributed by atoms with Crippen LogP contribution in [0.4, 0.5) is 0 Å². The predicted octanol–water partition coefficient (Wildman–Crippen LogP) is 1.64. The van der Waals surface area contributed by atoms with Gasteiger partial charge in [0.2, 0.25) is 10.0 Å². The zero-order valence-corrected chi connectivity index (χ0v) is 12.5. The average Bonchev–Trinajstić information content (AvgIpc) is 3.00. The fraction of sp³-hybridized carbons (Fsp3) is 0.462. The summed E-state index contributed by atoms with van der Waals surface area (Å²) in [7, 11) is -3.79. The fourth-order valence-corrected chi connectivity index (χ4v) is 4.37. The van der Waals surface area contributed by atoms with E-state index in [2.05, 4.69) is 4.72 Å². The Morgan fingerprint density at radius 1 is 1.38 bits per heavy atom. The summed E-state index contributed by atoms with van der Waals surface area (Å²) in [6.07, 6.45) is 2.51. The summed E-state index contributed by atoms with van der Waals surface area (Å²) in [5, 5.41) is 9.01. The minimum atomic E-state index is -3.79. The summed E-state index contributed by atoms with van der Waals surface area (Å²) in [5.41, 5.74) is -0.233. The van der Waals surface area contributed by atoms with Gasteiger partial charge >= 0.3 is 5.97 Å². The number of carbonyl (C=O) groups is 1. The van der Waals surface area contributed by atoms with Crippen LogP contribution in [0, 0.1) is 0 Å². The highest BCUT2D eigenvalue weighted by molar-refractivity contribution is 7.89. The molecular weight excluding hydrogens is 318 g/mol. The summed E-state index contributed by atoms with van der Waals surface area (Å²) in [6, 6.07) is 3.39. The Morgan fingerprint density at radius 2 is 2.14 bits per heavy atom. The Kier molecular flexibility index (Phi) is 3.69. The maximum atomic E-state index is 12.3. The van der Waals surface area contributed by atoms with Crippen LogP contribution in [0.5, 0.6) is 0 Å². The van der Waals surface area contributed by atoms with Gasteiger partial charge in [-0.15, -0.1) is 0 Å². The van der Waals surface area contributed by atoms with Crippen LogP contribution in [0.25, 0.3) is 0 Å². The van der Waals surface area contributed by atoms with Crippen molar-refractivity contribution in [3.63, 3.8) is 0 Å². The molecule has 2 aliphatic heterocycles. The van der Waals surface area contributed by atoms with Crippen molar-refractivity contribution in [3.05, 3.63) is 28.8 Å². The lowest BCUT2D eigenvalue weighted by Gasteiger charge is -2.20. The van der Waals surface area contributed by atoms with Gasteiger partial charge in [0, 0.05) is 0 Å². The number of rotatable bonds is 4. The molecule has 8 heteroatoms. The third-order valence-electron chi connectivity index (χ3n) is 3.89. The van der Waals surface area contributed by atoms with Gasteiger partial charge in [-0.1, -0.05) is 11.6 Å². The molecule has 0 spiro atoms. The summed E-state index contributed by atoms with van der Waals surface area (Å²) in [5.74, 6) is -1.26. The number of ether oxygens (including phenoxy) is 1. The number of sulfonamides is 1. The maximum absolute atomic E-state index is 12.3. The van der Waals surface area contributed by atoms with E-state index in [1.807, 2.05) is 0 Å². The first kappa shape index (κ1) is 14.8. The van der Waals surface area contributed by atoms with E-state index < -0.39 is 16.0 Å². The van der Waals surface area contributed by atoms with Gasteiger partial charge in [0.1, 0.15) is 0 Å². The third kappa shape index (κ3) is 2.78. The Balaban J connectivity index is 1.85. The molecule has 0 radical (unpaired) electrons. The van der Waals surface area contributed by atoms with E-state index in [4.69, 9.17) is 21.4 Å². The molecule has 1 aromatic carbocycles. The minimum Gasteiger partial charge on any atom is -0.478 e. The van der Waals surface area contributed by atoms with Crippen LogP contribution in [-0.2, 0) is 14.8 Å². The third-order valence-corrected chi connectivity index (χ3v) is 5.71.